The van der Waals surface area contributed by atoms with Gasteiger partial charge in [-0.05, 0) is 49.7 Å². The Hall–Kier alpha value is -2.96. The van der Waals surface area contributed by atoms with Gasteiger partial charge in [-0.3, -0.25) is 9.69 Å². The zero-order valence-electron chi connectivity index (χ0n) is 18.5. The second-order valence-corrected chi connectivity index (χ2v) is 10.2. The highest BCUT2D eigenvalue weighted by atomic mass is 35.5. The predicted octanol–water partition coefficient (Wildman–Crippen LogP) is 5.94. The maximum Gasteiger partial charge on any atom is 0.323 e. The minimum Gasteiger partial charge on any atom is -0.308 e. The molecule has 3 amide bonds. The summed E-state index contributed by atoms with van der Waals surface area (Å²) in [6.45, 7) is 5.01. The molecular weight excluding hydrogens is 454 g/mol. The zero-order chi connectivity index (χ0) is 23.2. The second kappa shape index (κ2) is 8.43. The summed E-state index contributed by atoms with van der Waals surface area (Å²) in [5, 5.41) is 3.54. The van der Waals surface area contributed by atoms with Crippen molar-refractivity contribution in [3.05, 3.63) is 94.0 Å². The van der Waals surface area contributed by atoms with E-state index < -0.39 is 4.87 Å². The molecule has 7 heteroatoms. The van der Waals surface area contributed by atoms with E-state index in [1.807, 2.05) is 49.1 Å². The van der Waals surface area contributed by atoms with E-state index in [0.29, 0.717) is 29.6 Å². The Labute approximate surface area is 202 Å². The molecule has 5 nitrogen and oxygen atoms in total. The van der Waals surface area contributed by atoms with Crippen LogP contribution in [0.5, 0.6) is 0 Å². The van der Waals surface area contributed by atoms with Crippen molar-refractivity contribution in [1.29, 1.82) is 0 Å². The molecule has 33 heavy (non-hydrogen) atoms. The Balaban J connectivity index is 1.52. The van der Waals surface area contributed by atoms with Crippen molar-refractivity contribution >= 4 is 46.7 Å². The van der Waals surface area contributed by atoms with E-state index in [9.17, 15) is 9.59 Å². The quantitative estimate of drug-likeness (QED) is 0.508. The summed E-state index contributed by atoms with van der Waals surface area (Å²) in [5.74, 6) is 0.614. The first-order valence-corrected chi connectivity index (χ1v) is 12.2. The molecule has 3 aromatic carbocycles. The van der Waals surface area contributed by atoms with Crippen LogP contribution in [-0.4, -0.2) is 29.1 Å². The van der Waals surface area contributed by atoms with Gasteiger partial charge in [-0.2, -0.15) is 0 Å². The fourth-order valence-corrected chi connectivity index (χ4v) is 6.06. The van der Waals surface area contributed by atoms with Crippen LogP contribution in [0.2, 0.25) is 5.02 Å². The molecule has 2 heterocycles. The monoisotopic (exact) mass is 477 g/mol. The van der Waals surface area contributed by atoms with Crippen LogP contribution in [-0.2, 0) is 16.2 Å². The Morgan fingerprint density at radius 1 is 1.03 bits per heavy atom. The number of urea groups is 1. The Bertz CT molecular complexity index is 1230. The third-order valence-corrected chi connectivity index (χ3v) is 7.82. The fraction of sp³-hybridized carbons (Fsp3) is 0.231. The molecule has 1 saturated heterocycles. The SMILES string of the molecule is Cc1ccc(CN2C(=O)C3(SCCN3C(=O)Nc3ccc(Cl)cc3)c3cc(C)ccc32)cc1. The first kappa shape index (κ1) is 21.9. The van der Waals surface area contributed by atoms with Gasteiger partial charge < -0.3 is 10.2 Å². The summed E-state index contributed by atoms with van der Waals surface area (Å²) < 4.78 is 0. The number of hydrogen-bond acceptors (Lipinski definition) is 3. The van der Waals surface area contributed by atoms with Crippen molar-refractivity contribution in [3.63, 3.8) is 0 Å². The van der Waals surface area contributed by atoms with E-state index in [0.717, 1.165) is 22.4 Å². The van der Waals surface area contributed by atoms with E-state index in [4.69, 9.17) is 11.6 Å². The minimum absolute atomic E-state index is 0.0718. The molecule has 0 saturated carbocycles. The summed E-state index contributed by atoms with van der Waals surface area (Å²) in [7, 11) is 0. The van der Waals surface area contributed by atoms with Gasteiger partial charge in [0.25, 0.3) is 5.91 Å². The number of nitrogens with zero attached hydrogens (tertiary/aromatic N) is 2. The molecular formula is C26H24ClN3O2S. The van der Waals surface area contributed by atoms with Gasteiger partial charge in [-0.25, -0.2) is 4.79 Å². The summed E-state index contributed by atoms with van der Waals surface area (Å²) in [4.78, 5) is 29.9. The van der Waals surface area contributed by atoms with Crippen LogP contribution in [0.3, 0.4) is 0 Å². The molecule has 5 rings (SSSR count). The van der Waals surface area contributed by atoms with E-state index >= 15 is 0 Å². The number of benzene rings is 3. The van der Waals surface area contributed by atoms with Crippen LogP contribution in [0.15, 0.2) is 66.7 Å². The molecule has 3 aromatic rings. The van der Waals surface area contributed by atoms with Gasteiger partial charge in [0, 0.05) is 28.6 Å². The molecule has 2 aliphatic rings. The first-order chi connectivity index (χ1) is 15.9. The lowest BCUT2D eigenvalue weighted by Gasteiger charge is -2.33. The smallest absolute Gasteiger partial charge is 0.308 e. The van der Waals surface area contributed by atoms with Crippen LogP contribution in [0.4, 0.5) is 16.2 Å². The second-order valence-electron chi connectivity index (χ2n) is 8.48. The van der Waals surface area contributed by atoms with Crippen molar-refractivity contribution in [1.82, 2.24) is 4.90 Å². The number of halogens is 1. The average molecular weight is 478 g/mol. The van der Waals surface area contributed by atoms with Gasteiger partial charge in [0.1, 0.15) is 0 Å². The number of nitrogens with one attached hydrogen (secondary N) is 1. The van der Waals surface area contributed by atoms with Gasteiger partial charge in [-0.15, -0.1) is 11.8 Å². The van der Waals surface area contributed by atoms with E-state index in [-0.39, 0.29) is 11.9 Å². The number of carbonyl (C=O) groups excluding carboxylic acids is 2. The summed E-state index contributed by atoms with van der Waals surface area (Å²) in [6.07, 6.45) is 0. The van der Waals surface area contributed by atoms with E-state index in [1.54, 1.807) is 29.2 Å². The number of thioether (sulfide) groups is 1. The highest BCUT2D eigenvalue weighted by Crippen LogP contribution is 2.54. The lowest BCUT2D eigenvalue weighted by molar-refractivity contribution is -0.123. The van der Waals surface area contributed by atoms with Crippen LogP contribution >= 0.6 is 23.4 Å². The number of rotatable bonds is 3. The average Bonchev–Trinajstić information content (AvgIpc) is 3.34. The number of carbonyl (C=O) groups is 2. The van der Waals surface area contributed by atoms with Crippen molar-refractivity contribution in [2.45, 2.75) is 25.3 Å². The van der Waals surface area contributed by atoms with E-state index in [2.05, 4.69) is 17.4 Å². The Kier molecular flexibility index (Phi) is 5.59. The number of hydrogen-bond donors (Lipinski definition) is 1. The van der Waals surface area contributed by atoms with E-state index in [1.165, 1.54) is 17.3 Å². The zero-order valence-corrected chi connectivity index (χ0v) is 20.0. The molecule has 0 aromatic heterocycles. The van der Waals surface area contributed by atoms with Crippen LogP contribution < -0.4 is 10.2 Å². The minimum atomic E-state index is -1.07. The molecule has 1 atom stereocenters. The van der Waals surface area contributed by atoms with Crippen molar-refractivity contribution in [2.75, 3.05) is 22.5 Å². The van der Waals surface area contributed by atoms with Crippen molar-refractivity contribution in [2.24, 2.45) is 0 Å². The highest BCUT2D eigenvalue weighted by molar-refractivity contribution is 8.01. The molecule has 1 fully saturated rings. The molecule has 168 valence electrons. The summed E-state index contributed by atoms with van der Waals surface area (Å²) >= 11 is 7.51. The van der Waals surface area contributed by atoms with Gasteiger partial charge >= 0.3 is 6.03 Å². The largest absolute Gasteiger partial charge is 0.323 e. The normalized spacial score (nSPS) is 19.3. The molecule has 1 spiro atoms. The van der Waals surface area contributed by atoms with Crippen molar-refractivity contribution < 1.29 is 9.59 Å². The number of fused-ring (bicyclic) bond motifs is 2. The number of aryl methyl sites for hydroxylation is 2. The third-order valence-electron chi connectivity index (χ3n) is 6.15. The fourth-order valence-electron chi connectivity index (χ4n) is 4.49. The number of anilines is 2. The molecule has 0 radical (unpaired) electrons. The third kappa shape index (κ3) is 3.77. The van der Waals surface area contributed by atoms with Gasteiger partial charge in [0.2, 0.25) is 0 Å². The molecule has 1 unspecified atom stereocenters. The lowest BCUT2D eigenvalue weighted by Crippen LogP contribution is -2.51. The number of amides is 3. The maximum atomic E-state index is 14.0. The molecule has 0 aliphatic carbocycles. The lowest BCUT2D eigenvalue weighted by atomic mass is 10.0. The Morgan fingerprint density at radius 3 is 2.45 bits per heavy atom. The molecule has 2 aliphatic heterocycles. The summed E-state index contributed by atoms with van der Waals surface area (Å²) in [6, 6.07) is 21.0. The predicted molar refractivity (Wildman–Crippen MR) is 135 cm³/mol. The maximum absolute atomic E-state index is 14.0. The van der Waals surface area contributed by atoms with Crippen LogP contribution in [0, 0.1) is 13.8 Å². The summed E-state index contributed by atoms with van der Waals surface area (Å²) in [5.41, 5.74) is 5.68. The van der Waals surface area contributed by atoms with Gasteiger partial charge in [-0.1, -0.05) is 59.1 Å². The van der Waals surface area contributed by atoms with Crippen molar-refractivity contribution in [3.8, 4) is 0 Å². The van der Waals surface area contributed by atoms with Crippen LogP contribution in [0.25, 0.3) is 0 Å². The van der Waals surface area contributed by atoms with Crippen LogP contribution in [0.1, 0.15) is 22.3 Å². The highest BCUT2D eigenvalue weighted by Gasteiger charge is 2.59. The topological polar surface area (TPSA) is 52.7 Å². The molecule has 1 N–H and O–H groups in total. The van der Waals surface area contributed by atoms with Gasteiger partial charge in [0.05, 0.1) is 12.2 Å². The van der Waals surface area contributed by atoms with Gasteiger partial charge in [0.15, 0.2) is 4.87 Å². The molecule has 0 bridgehead atoms. The Morgan fingerprint density at radius 2 is 1.73 bits per heavy atom. The first-order valence-electron chi connectivity index (χ1n) is 10.9. The standard InChI is InChI=1S/C26H24ClN3O2S/c1-17-3-6-19(7-4-17)16-29-23-12-5-18(2)15-22(23)26(24(29)31)30(13-14-33-26)25(32)28-21-10-8-20(27)9-11-21/h3-12,15H,13-14,16H2,1-2H3,(H,28,32).